The number of nitrogens with one attached hydrogen (secondary N) is 1. The maximum atomic E-state index is 12.6. The minimum atomic E-state index is 0.0138. The van der Waals surface area contributed by atoms with Gasteiger partial charge in [-0.25, -0.2) is 4.98 Å². The van der Waals surface area contributed by atoms with Crippen LogP contribution in [0.15, 0.2) is 55.0 Å². The molecule has 1 aliphatic heterocycles. The van der Waals surface area contributed by atoms with Crippen molar-refractivity contribution in [3.05, 3.63) is 71.4 Å². The molecule has 0 bridgehead atoms. The van der Waals surface area contributed by atoms with Gasteiger partial charge in [0.2, 0.25) is 5.91 Å². The number of nitrogens with zero attached hydrogens (tertiary/aromatic N) is 4. The van der Waals surface area contributed by atoms with Gasteiger partial charge in [-0.3, -0.25) is 14.2 Å². The zero-order chi connectivity index (χ0) is 18.6. The molecule has 0 unspecified atom stereocenters. The second-order valence-corrected chi connectivity index (χ2v) is 7.02. The molecule has 0 aromatic carbocycles. The summed E-state index contributed by atoms with van der Waals surface area (Å²) in [5, 5.41) is 0.400. The van der Waals surface area contributed by atoms with E-state index in [4.69, 9.17) is 11.6 Å². The number of carbonyl (C=O) groups is 1. The largest absolute Gasteiger partial charge is 0.328 e. The van der Waals surface area contributed by atoms with E-state index in [0.29, 0.717) is 5.15 Å². The summed E-state index contributed by atoms with van der Waals surface area (Å²) in [6, 6.07) is 9.80. The van der Waals surface area contributed by atoms with E-state index in [1.165, 1.54) is 10.5 Å². The number of quaternary nitrogens is 1. The number of halogens is 1. The van der Waals surface area contributed by atoms with Crippen LogP contribution in [0.2, 0.25) is 5.15 Å². The number of carbonyl (C=O) groups excluding carboxylic acids is 1. The Morgan fingerprint density at radius 1 is 1.19 bits per heavy atom. The summed E-state index contributed by atoms with van der Waals surface area (Å²) in [7, 11) is 0. The van der Waals surface area contributed by atoms with Gasteiger partial charge in [0.15, 0.2) is 5.15 Å². The fourth-order valence-corrected chi connectivity index (χ4v) is 3.64. The Morgan fingerprint density at radius 3 is 2.74 bits per heavy atom. The van der Waals surface area contributed by atoms with Crippen LogP contribution in [0.3, 0.4) is 0 Å². The molecule has 1 N–H and O–H groups in total. The maximum absolute atomic E-state index is 12.6. The molecule has 1 fully saturated rings. The Balaban J connectivity index is 1.37. The predicted molar refractivity (Wildman–Crippen MR) is 104 cm³/mol. The highest BCUT2D eigenvalue weighted by molar-refractivity contribution is 6.31. The van der Waals surface area contributed by atoms with Crippen LogP contribution in [-0.2, 0) is 11.3 Å². The monoisotopic (exact) mass is 382 g/mol. The number of piperazine rings is 1. The Morgan fingerprint density at radius 2 is 1.96 bits per heavy atom. The fourth-order valence-electron chi connectivity index (χ4n) is 3.40. The molecule has 3 aromatic heterocycles. The normalized spacial score (nSPS) is 15.7. The SMILES string of the molecule is O=C(/C=C/c1c(Cl)nc2ccccn12)N1CC[NH+](Cc2ccncc2)CC1. The van der Waals surface area contributed by atoms with Crippen molar-refractivity contribution in [1.82, 2.24) is 19.3 Å². The quantitative estimate of drug-likeness (QED) is 0.692. The van der Waals surface area contributed by atoms with Gasteiger partial charge in [0.05, 0.1) is 31.9 Å². The van der Waals surface area contributed by atoms with Crippen LogP contribution in [0.1, 0.15) is 11.3 Å². The minimum absolute atomic E-state index is 0.0138. The van der Waals surface area contributed by atoms with Gasteiger partial charge >= 0.3 is 0 Å². The van der Waals surface area contributed by atoms with E-state index in [1.807, 2.05) is 58.2 Å². The minimum Gasteiger partial charge on any atom is -0.328 e. The first-order valence-electron chi connectivity index (χ1n) is 9.03. The van der Waals surface area contributed by atoms with Crippen LogP contribution >= 0.6 is 11.6 Å². The van der Waals surface area contributed by atoms with E-state index in [0.717, 1.165) is 44.1 Å². The molecule has 0 spiro atoms. The standard InChI is InChI=1S/C20H20ClN5O/c21-20-17(26-10-2-1-3-18(26)23-20)4-5-19(27)25-13-11-24(12-14-25)15-16-6-8-22-9-7-16/h1-10H,11-15H2/p+1/b5-4+. The maximum Gasteiger partial charge on any atom is 0.247 e. The molecule has 1 aliphatic rings. The van der Waals surface area contributed by atoms with Crippen LogP contribution in [-0.4, -0.2) is 51.4 Å². The Labute approximate surface area is 162 Å². The van der Waals surface area contributed by atoms with E-state index in [9.17, 15) is 4.79 Å². The van der Waals surface area contributed by atoms with E-state index < -0.39 is 0 Å². The van der Waals surface area contributed by atoms with Crippen molar-refractivity contribution in [1.29, 1.82) is 0 Å². The summed E-state index contributed by atoms with van der Waals surface area (Å²) in [4.78, 5) is 24.3. The number of pyridine rings is 2. The molecule has 7 heteroatoms. The molecule has 0 radical (unpaired) electrons. The first kappa shape index (κ1) is 17.7. The molecule has 1 saturated heterocycles. The smallest absolute Gasteiger partial charge is 0.247 e. The number of hydrogen-bond acceptors (Lipinski definition) is 3. The number of fused-ring (bicyclic) bond motifs is 1. The van der Waals surface area contributed by atoms with E-state index in [1.54, 1.807) is 12.2 Å². The van der Waals surface area contributed by atoms with Crippen molar-refractivity contribution >= 4 is 29.2 Å². The summed E-state index contributed by atoms with van der Waals surface area (Å²) in [6.07, 6.45) is 8.88. The molecule has 0 aliphatic carbocycles. The molecule has 4 rings (SSSR count). The first-order valence-corrected chi connectivity index (χ1v) is 9.40. The molecule has 138 valence electrons. The highest BCUT2D eigenvalue weighted by Crippen LogP contribution is 2.19. The lowest BCUT2D eigenvalue weighted by molar-refractivity contribution is -0.917. The van der Waals surface area contributed by atoms with Crippen LogP contribution in [0.5, 0.6) is 0 Å². The van der Waals surface area contributed by atoms with Crippen molar-refractivity contribution in [2.24, 2.45) is 0 Å². The van der Waals surface area contributed by atoms with Gasteiger partial charge in [-0.2, -0.15) is 0 Å². The molecular weight excluding hydrogens is 362 g/mol. The summed E-state index contributed by atoms with van der Waals surface area (Å²) in [5.41, 5.74) is 2.77. The van der Waals surface area contributed by atoms with Crippen LogP contribution in [0.4, 0.5) is 0 Å². The Kier molecular flexibility index (Phi) is 5.18. The van der Waals surface area contributed by atoms with Crippen molar-refractivity contribution < 1.29 is 9.69 Å². The fraction of sp³-hybridized carbons (Fsp3) is 0.250. The van der Waals surface area contributed by atoms with Gasteiger partial charge in [0, 0.05) is 30.2 Å². The van der Waals surface area contributed by atoms with Crippen molar-refractivity contribution in [3.8, 4) is 0 Å². The van der Waals surface area contributed by atoms with E-state index in [-0.39, 0.29) is 5.91 Å². The highest BCUT2D eigenvalue weighted by Gasteiger charge is 2.22. The lowest BCUT2D eigenvalue weighted by atomic mass is 10.2. The van der Waals surface area contributed by atoms with Gasteiger partial charge in [-0.1, -0.05) is 17.7 Å². The van der Waals surface area contributed by atoms with Crippen molar-refractivity contribution in [3.63, 3.8) is 0 Å². The number of rotatable bonds is 4. The van der Waals surface area contributed by atoms with Crippen LogP contribution in [0, 0.1) is 0 Å². The topological polar surface area (TPSA) is 54.9 Å². The molecule has 3 aromatic rings. The average molecular weight is 383 g/mol. The van der Waals surface area contributed by atoms with Crippen LogP contribution in [0.25, 0.3) is 11.7 Å². The summed E-state index contributed by atoms with van der Waals surface area (Å²) in [6.45, 7) is 4.36. The van der Waals surface area contributed by atoms with Crippen molar-refractivity contribution in [2.75, 3.05) is 26.2 Å². The van der Waals surface area contributed by atoms with Crippen LogP contribution < -0.4 is 4.90 Å². The Bertz CT molecular complexity index is 961. The zero-order valence-corrected chi connectivity index (χ0v) is 15.6. The summed E-state index contributed by atoms with van der Waals surface area (Å²) >= 11 is 6.22. The second-order valence-electron chi connectivity index (χ2n) is 6.66. The molecule has 27 heavy (non-hydrogen) atoms. The first-order chi connectivity index (χ1) is 13.2. The zero-order valence-electron chi connectivity index (χ0n) is 14.9. The molecular formula is C20H21ClN5O+. The molecule has 0 saturated carbocycles. The molecule has 0 atom stereocenters. The number of imidazole rings is 1. The number of aromatic nitrogens is 3. The predicted octanol–water partition coefficient (Wildman–Crippen LogP) is 1.32. The summed E-state index contributed by atoms with van der Waals surface area (Å²) < 4.78 is 1.88. The highest BCUT2D eigenvalue weighted by atomic mass is 35.5. The third kappa shape index (κ3) is 4.02. The van der Waals surface area contributed by atoms with Gasteiger partial charge in [-0.15, -0.1) is 0 Å². The van der Waals surface area contributed by atoms with Crippen molar-refractivity contribution in [2.45, 2.75) is 6.54 Å². The lowest BCUT2D eigenvalue weighted by Gasteiger charge is -2.31. The van der Waals surface area contributed by atoms with Gasteiger partial charge in [0.1, 0.15) is 12.2 Å². The average Bonchev–Trinajstić information content (AvgIpc) is 3.02. The second kappa shape index (κ2) is 7.90. The Hall–Kier alpha value is -2.70. The van der Waals surface area contributed by atoms with E-state index >= 15 is 0 Å². The molecule has 6 nitrogen and oxygen atoms in total. The third-order valence-corrected chi connectivity index (χ3v) is 5.17. The number of amides is 1. The lowest BCUT2D eigenvalue weighted by Crippen LogP contribution is -3.13. The molecule has 1 amide bonds. The number of hydrogen-bond donors (Lipinski definition) is 1. The van der Waals surface area contributed by atoms with Gasteiger partial charge < -0.3 is 9.80 Å². The summed E-state index contributed by atoms with van der Waals surface area (Å²) in [5.74, 6) is 0.0138. The third-order valence-electron chi connectivity index (χ3n) is 4.89. The van der Waals surface area contributed by atoms with Gasteiger partial charge in [-0.05, 0) is 30.3 Å². The molecule has 4 heterocycles. The van der Waals surface area contributed by atoms with Gasteiger partial charge in [0.25, 0.3) is 0 Å². The van der Waals surface area contributed by atoms with E-state index in [2.05, 4.69) is 9.97 Å².